The van der Waals surface area contributed by atoms with Gasteiger partial charge >= 0.3 is 0 Å². The minimum Gasteiger partial charge on any atom is -0.0885 e. The molecule has 0 aromatic carbocycles. The van der Waals surface area contributed by atoms with Gasteiger partial charge in [-0.05, 0) is 44.9 Å². The molecular weight excluding hydrogens is 180 g/mol. The van der Waals surface area contributed by atoms with Crippen molar-refractivity contribution in [2.24, 2.45) is 0 Å². The van der Waals surface area contributed by atoms with Gasteiger partial charge in [0.05, 0.1) is 0 Å². The standard InChI is InChI=1S/C15H25/c1-3-5-7-9-11-13-15-14-12-10-8-6-4-2/h1,3,8,10-11,13H,4-7,9,12,14-15H2,2H3. The fourth-order valence-electron chi connectivity index (χ4n) is 1.35. The van der Waals surface area contributed by atoms with E-state index in [1.165, 1.54) is 44.9 Å². The van der Waals surface area contributed by atoms with Gasteiger partial charge in [0.15, 0.2) is 0 Å². The maximum Gasteiger partial charge on any atom is -0.0345 e. The zero-order valence-electron chi connectivity index (χ0n) is 10.1. The van der Waals surface area contributed by atoms with Gasteiger partial charge in [0.25, 0.3) is 0 Å². The van der Waals surface area contributed by atoms with Crippen molar-refractivity contribution >= 4 is 0 Å². The largest absolute Gasteiger partial charge is 0.0885 e. The van der Waals surface area contributed by atoms with Crippen LogP contribution in [0.2, 0.25) is 0 Å². The quantitative estimate of drug-likeness (QED) is 0.338. The van der Waals surface area contributed by atoms with E-state index in [1.807, 2.05) is 0 Å². The summed E-state index contributed by atoms with van der Waals surface area (Å²) in [4.78, 5) is 0. The molecule has 0 heterocycles. The van der Waals surface area contributed by atoms with Crippen LogP contribution >= 0.6 is 0 Å². The molecule has 0 saturated heterocycles. The van der Waals surface area contributed by atoms with Gasteiger partial charge in [-0.15, -0.1) is 0 Å². The van der Waals surface area contributed by atoms with Crippen molar-refractivity contribution in [3.05, 3.63) is 37.0 Å². The molecule has 0 aliphatic carbocycles. The Bertz CT molecular complexity index is 174. The van der Waals surface area contributed by atoms with E-state index in [2.05, 4.69) is 31.2 Å². The van der Waals surface area contributed by atoms with Crippen molar-refractivity contribution in [2.75, 3.05) is 0 Å². The molecule has 0 fully saturated rings. The van der Waals surface area contributed by atoms with Gasteiger partial charge in [0, 0.05) is 0 Å². The van der Waals surface area contributed by atoms with Crippen molar-refractivity contribution < 1.29 is 0 Å². The molecule has 0 spiro atoms. The second-order valence-electron chi connectivity index (χ2n) is 3.83. The molecule has 0 rings (SSSR count). The van der Waals surface area contributed by atoms with Crippen molar-refractivity contribution in [3.8, 4) is 0 Å². The fraction of sp³-hybridized carbons (Fsp3) is 0.600. The van der Waals surface area contributed by atoms with Crippen LogP contribution in [0.3, 0.4) is 0 Å². The molecule has 0 nitrogen and oxygen atoms in total. The molecule has 0 N–H and O–H groups in total. The molecule has 0 bridgehead atoms. The third kappa shape index (κ3) is 13.2. The van der Waals surface area contributed by atoms with Crippen molar-refractivity contribution in [2.45, 2.75) is 58.3 Å². The number of hydrogen-bond acceptors (Lipinski definition) is 0. The highest BCUT2D eigenvalue weighted by Crippen LogP contribution is 2.02. The normalized spacial score (nSPS) is 11.5. The van der Waals surface area contributed by atoms with Gasteiger partial charge in [0.1, 0.15) is 0 Å². The lowest BCUT2D eigenvalue weighted by molar-refractivity contribution is 0.837. The average molecular weight is 205 g/mol. The van der Waals surface area contributed by atoms with E-state index in [9.17, 15) is 0 Å². The summed E-state index contributed by atoms with van der Waals surface area (Å²) in [5.41, 5.74) is 0. The van der Waals surface area contributed by atoms with Crippen molar-refractivity contribution in [3.63, 3.8) is 0 Å². The topological polar surface area (TPSA) is 0 Å². The molecule has 0 aromatic rings. The minimum absolute atomic E-state index is 1.03. The Hall–Kier alpha value is -0.780. The lowest BCUT2D eigenvalue weighted by Gasteiger charge is -1.92. The fourth-order valence-corrected chi connectivity index (χ4v) is 1.35. The number of unbranched alkanes of at least 4 members (excludes halogenated alkanes) is 5. The van der Waals surface area contributed by atoms with Gasteiger partial charge < -0.3 is 0 Å². The molecule has 0 aromatic heterocycles. The van der Waals surface area contributed by atoms with Gasteiger partial charge in [-0.3, -0.25) is 0 Å². The summed E-state index contributed by atoms with van der Waals surface area (Å²) in [7, 11) is 0. The monoisotopic (exact) mass is 205 g/mol. The molecule has 0 aliphatic heterocycles. The Balaban J connectivity index is 3.12. The summed E-state index contributed by atoms with van der Waals surface area (Å²) in [6, 6.07) is 0. The molecule has 0 amide bonds. The van der Waals surface area contributed by atoms with Crippen LogP contribution in [0.25, 0.3) is 0 Å². The van der Waals surface area contributed by atoms with Crippen LogP contribution in [0, 0.1) is 6.58 Å². The van der Waals surface area contributed by atoms with Crippen LogP contribution < -0.4 is 0 Å². The Morgan fingerprint density at radius 3 is 1.67 bits per heavy atom. The van der Waals surface area contributed by atoms with Crippen LogP contribution in [0.4, 0.5) is 0 Å². The molecule has 0 aliphatic rings. The molecule has 0 saturated carbocycles. The highest BCUT2D eigenvalue weighted by atomic mass is 13.9. The SMILES string of the molecule is [CH]=CCCCC=CCCCC=CCCC. The van der Waals surface area contributed by atoms with E-state index in [1.54, 1.807) is 6.08 Å². The lowest BCUT2D eigenvalue weighted by atomic mass is 10.1. The van der Waals surface area contributed by atoms with Gasteiger partial charge in [0.2, 0.25) is 0 Å². The number of allylic oxidation sites excluding steroid dienone is 5. The smallest absolute Gasteiger partial charge is 0.0345 e. The minimum atomic E-state index is 1.03. The maximum atomic E-state index is 5.29. The van der Waals surface area contributed by atoms with Gasteiger partial charge in [-0.1, -0.05) is 50.3 Å². The highest BCUT2D eigenvalue weighted by molar-refractivity contribution is 4.85. The summed E-state index contributed by atoms with van der Waals surface area (Å²) in [5.74, 6) is 0. The Morgan fingerprint density at radius 2 is 1.20 bits per heavy atom. The van der Waals surface area contributed by atoms with Crippen LogP contribution in [0.5, 0.6) is 0 Å². The van der Waals surface area contributed by atoms with E-state index >= 15 is 0 Å². The average Bonchev–Trinajstić information content (AvgIpc) is 2.26. The first-order valence-electron chi connectivity index (χ1n) is 6.25. The van der Waals surface area contributed by atoms with Crippen LogP contribution in [-0.4, -0.2) is 0 Å². The second kappa shape index (κ2) is 13.2. The predicted molar refractivity (Wildman–Crippen MR) is 69.8 cm³/mol. The summed E-state index contributed by atoms with van der Waals surface area (Å²) >= 11 is 0. The molecule has 1 radical (unpaired) electrons. The second-order valence-corrected chi connectivity index (χ2v) is 3.83. The Kier molecular flexibility index (Phi) is 12.5. The van der Waals surface area contributed by atoms with Crippen LogP contribution in [0.15, 0.2) is 30.4 Å². The molecule has 85 valence electrons. The van der Waals surface area contributed by atoms with E-state index in [0.29, 0.717) is 0 Å². The predicted octanol–water partition coefficient (Wildman–Crippen LogP) is 5.23. The summed E-state index contributed by atoms with van der Waals surface area (Å²) in [6.07, 6.45) is 20.5. The van der Waals surface area contributed by atoms with Crippen LogP contribution in [0.1, 0.15) is 58.3 Å². The number of hydrogen-bond donors (Lipinski definition) is 0. The third-order valence-electron chi connectivity index (χ3n) is 2.27. The molecule has 15 heavy (non-hydrogen) atoms. The van der Waals surface area contributed by atoms with Gasteiger partial charge in [-0.2, -0.15) is 0 Å². The van der Waals surface area contributed by atoms with E-state index in [0.717, 1.165) is 6.42 Å². The lowest BCUT2D eigenvalue weighted by Crippen LogP contribution is -1.71. The van der Waals surface area contributed by atoms with Crippen LogP contribution in [-0.2, 0) is 0 Å². The molecule has 0 atom stereocenters. The van der Waals surface area contributed by atoms with Gasteiger partial charge in [-0.25, -0.2) is 0 Å². The maximum absolute atomic E-state index is 5.29. The highest BCUT2D eigenvalue weighted by Gasteiger charge is 1.82. The van der Waals surface area contributed by atoms with Crippen molar-refractivity contribution in [1.82, 2.24) is 0 Å². The molecule has 0 heteroatoms. The first-order valence-corrected chi connectivity index (χ1v) is 6.25. The first kappa shape index (κ1) is 14.2. The summed E-state index contributed by atoms with van der Waals surface area (Å²) in [6.45, 7) is 7.51. The molecular formula is C15H25. The zero-order valence-corrected chi connectivity index (χ0v) is 10.1. The van der Waals surface area contributed by atoms with Crippen molar-refractivity contribution in [1.29, 1.82) is 0 Å². The van der Waals surface area contributed by atoms with E-state index < -0.39 is 0 Å². The Labute approximate surface area is 95.8 Å². The van der Waals surface area contributed by atoms with E-state index in [4.69, 9.17) is 6.58 Å². The Morgan fingerprint density at radius 1 is 0.733 bits per heavy atom. The summed E-state index contributed by atoms with van der Waals surface area (Å²) in [5, 5.41) is 0. The zero-order chi connectivity index (χ0) is 11.2. The number of rotatable bonds is 10. The summed E-state index contributed by atoms with van der Waals surface area (Å²) < 4.78 is 0. The molecule has 0 unspecified atom stereocenters. The third-order valence-corrected chi connectivity index (χ3v) is 2.27. The van der Waals surface area contributed by atoms with E-state index in [-0.39, 0.29) is 0 Å². The first-order chi connectivity index (χ1) is 7.41.